The Labute approximate surface area is 197 Å². The predicted molar refractivity (Wildman–Crippen MR) is 122 cm³/mol. The fourth-order valence-corrected chi connectivity index (χ4v) is 3.44. The molecule has 1 fully saturated rings. The van der Waals surface area contributed by atoms with Gasteiger partial charge in [0.25, 0.3) is 0 Å². The fourth-order valence-electron chi connectivity index (χ4n) is 3.44. The first-order valence-electron chi connectivity index (χ1n) is 11.2. The molecule has 1 aliphatic heterocycles. The van der Waals surface area contributed by atoms with Crippen molar-refractivity contribution in [1.82, 2.24) is 20.9 Å². The Morgan fingerprint density at radius 3 is 2.32 bits per heavy atom. The molecule has 0 saturated carbocycles. The Morgan fingerprint density at radius 1 is 1.00 bits per heavy atom. The molecule has 0 bridgehead atoms. The number of imide groups is 1. The van der Waals surface area contributed by atoms with Crippen molar-refractivity contribution in [3.8, 4) is 0 Å². The maximum absolute atomic E-state index is 12.0. The van der Waals surface area contributed by atoms with Gasteiger partial charge >= 0.3 is 0 Å². The number of aldehydes is 1. The second kappa shape index (κ2) is 13.8. The van der Waals surface area contributed by atoms with Crippen LogP contribution in [0.1, 0.15) is 37.7 Å². The highest BCUT2D eigenvalue weighted by Crippen LogP contribution is 2.12. The smallest absolute Gasteiger partial charge is 0.246 e. The van der Waals surface area contributed by atoms with Gasteiger partial charge in [-0.2, -0.15) is 0 Å². The molecule has 1 heterocycles. The number of carbonyl (C=O) groups is 6. The van der Waals surface area contributed by atoms with Gasteiger partial charge in [0.1, 0.15) is 6.29 Å². The summed E-state index contributed by atoms with van der Waals surface area (Å²) in [4.78, 5) is 71.4. The van der Waals surface area contributed by atoms with Crippen LogP contribution in [0.15, 0.2) is 30.3 Å². The molecule has 1 aromatic carbocycles. The molecule has 0 aliphatic carbocycles. The molecule has 34 heavy (non-hydrogen) atoms. The lowest BCUT2D eigenvalue weighted by Crippen LogP contribution is -2.45. The molecule has 2 atom stereocenters. The number of likely N-dealkylation sites (tertiary alicyclic amines) is 1. The van der Waals surface area contributed by atoms with Crippen LogP contribution in [0.25, 0.3) is 0 Å². The van der Waals surface area contributed by atoms with Gasteiger partial charge in [-0.15, -0.1) is 0 Å². The first kappa shape index (κ1) is 26.7. The highest BCUT2D eigenvalue weighted by atomic mass is 16.2. The number of carbonyl (C=O) groups excluding carboxylic acids is 6. The van der Waals surface area contributed by atoms with Crippen LogP contribution in [-0.4, -0.2) is 72.4 Å². The molecule has 1 aliphatic rings. The second-order valence-electron chi connectivity index (χ2n) is 8.06. The summed E-state index contributed by atoms with van der Waals surface area (Å²) in [6.45, 7) is -0.304. The molecule has 5 N–H and O–H groups in total. The van der Waals surface area contributed by atoms with Crippen LogP contribution in [-0.2, 0) is 35.2 Å². The molecule has 1 aromatic rings. The van der Waals surface area contributed by atoms with Crippen LogP contribution in [0.4, 0.5) is 0 Å². The molecule has 5 amide bonds. The van der Waals surface area contributed by atoms with E-state index in [2.05, 4.69) is 16.0 Å². The zero-order valence-corrected chi connectivity index (χ0v) is 19.0. The van der Waals surface area contributed by atoms with Gasteiger partial charge in [0, 0.05) is 13.0 Å². The lowest BCUT2D eigenvalue weighted by Gasteiger charge is -2.14. The summed E-state index contributed by atoms with van der Waals surface area (Å²) >= 11 is 0. The summed E-state index contributed by atoms with van der Waals surface area (Å²) in [7, 11) is 0. The van der Waals surface area contributed by atoms with Gasteiger partial charge in [0.2, 0.25) is 29.5 Å². The van der Waals surface area contributed by atoms with Crippen molar-refractivity contribution in [1.29, 1.82) is 0 Å². The quantitative estimate of drug-likeness (QED) is 0.149. The third-order valence-corrected chi connectivity index (χ3v) is 5.27. The number of nitrogens with zero attached hydrogens (tertiary/aromatic N) is 1. The largest absolute Gasteiger partial charge is 0.347 e. The van der Waals surface area contributed by atoms with Gasteiger partial charge in [0.05, 0.1) is 31.6 Å². The molecule has 0 radical (unpaired) electrons. The van der Waals surface area contributed by atoms with Crippen molar-refractivity contribution in [3.63, 3.8) is 0 Å². The van der Waals surface area contributed by atoms with Gasteiger partial charge in [-0.25, -0.2) is 0 Å². The molecule has 0 aromatic heterocycles. The number of nitrogens with one attached hydrogen (secondary N) is 3. The van der Waals surface area contributed by atoms with Gasteiger partial charge in [-0.3, -0.25) is 28.9 Å². The van der Waals surface area contributed by atoms with E-state index in [9.17, 15) is 28.8 Å². The van der Waals surface area contributed by atoms with Crippen LogP contribution in [0.2, 0.25) is 0 Å². The average Bonchev–Trinajstić information content (AvgIpc) is 3.07. The Kier molecular flexibility index (Phi) is 10.8. The van der Waals surface area contributed by atoms with E-state index >= 15 is 0 Å². The third kappa shape index (κ3) is 9.10. The van der Waals surface area contributed by atoms with Crippen molar-refractivity contribution in [2.45, 2.75) is 50.6 Å². The second-order valence-corrected chi connectivity index (χ2v) is 8.06. The third-order valence-electron chi connectivity index (χ3n) is 5.27. The standard InChI is InChI=1S/C23H31N5O6/c24-18-12-22(33)28(23(18)34)10-6-2-5-9-19(30)25-13-20(31)26-14-21(32)27-17(15-29)11-16-7-3-1-4-8-16/h1,3-4,7-8,15,17-18H,2,5-6,9-14,24H2,(H,25,30)(H,26,31)(H,27,32). The highest BCUT2D eigenvalue weighted by Gasteiger charge is 2.35. The van der Waals surface area contributed by atoms with Crippen molar-refractivity contribution in [2.24, 2.45) is 5.73 Å². The Morgan fingerprint density at radius 2 is 1.68 bits per heavy atom. The van der Waals surface area contributed by atoms with E-state index < -0.39 is 23.9 Å². The van der Waals surface area contributed by atoms with Gasteiger partial charge in [0.15, 0.2) is 0 Å². The molecule has 184 valence electrons. The van der Waals surface area contributed by atoms with Crippen molar-refractivity contribution in [3.05, 3.63) is 35.9 Å². The lowest BCUT2D eigenvalue weighted by molar-refractivity contribution is -0.138. The van der Waals surface area contributed by atoms with Crippen LogP contribution in [0.3, 0.4) is 0 Å². The van der Waals surface area contributed by atoms with Crippen molar-refractivity contribution < 1.29 is 28.8 Å². The first-order valence-corrected chi connectivity index (χ1v) is 11.2. The van der Waals surface area contributed by atoms with Gasteiger partial charge < -0.3 is 26.5 Å². The topological polar surface area (TPSA) is 168 Å². The molecule has 11 nitrogen and oxygen atoms in total. The monoisotopic (exact) mass is 473 g/mol. The molecule has 2 unspecified atom stereocenters. The molecular weight excluding hydrogens is 442 g/mol. The maximum atomic E-state index is 12.0. The summed E-state index contributed by atoms with van der Waals surface area (Å²) in [5, 5.41) is 7.40. The molecule has 0 spiro atoms. The zero-order valence-electron chi connectivity index (χ0n) is 19.0. The van der Waals surface area contributed by atoms with Crippen molar-refractivity contribution >= 4 is 35.8 Å². The Balaban J connectivity index is 1.54. The van der Waals surface area contributed by atoms with Crippen LogP contribution in [0.5, 0.6) is 0 Å². The number of rotatable bonds is 14. The van der Waals surface area contributed by atoms with E-state index in [4.69, 9.17) is 5.73 Å². The number of nitrogens with two attached hydrogens (primary N) is 1. The molecular formula is C23H31N5O6. The molecule has 2 rings (SSSR count). The first-order chi connectivity index (χ1) is 16.3. The van der Waals surface area contributed by atoms with E-state index in [1.165, 1.54) is 0 Å². The minimum atomic E-state index is -0.753. The van der Waals surface area contributed by atoms with E-state index in [0.717, 1.165) is 10.5 Å². The fraction of sp³-hybridized carbons (Fsp3) is 0.478. The number of hydrogen-bond donors (Lipinski definition) is 4. The van der Waals surface area contributed by atoms with Crippen LogP contribution in [0, 0.1) is 0 Å². The van der Waals surface area contributed by atoms with Crippen molar-refractivity contribution in [2.75, 3.05) is 19.6 Å². The summed E-state index contributed by atoms with van der Waals surface area (Å²) < 4.78 is 0. The summed E-state index contributed by atoms with van der Waals surface area (Å²) in [6, 6.07) is 7.76. The SMILES string of the molecule is NC1CC(=O)N(CCCCCC(=O)NCC(=O)NCC(=O)NC(C=O)Cc2ccccc2)C1=O. The van der Waals surface area contributed by atoms with E-state index in [1.54, 1.807) is 0 Å². The van der Waals surface area contributed by atoms with E-state index in [1.807, 2.05) is 30.3 Å². The highest BCUT2D eigenvalue weighted by molar-refractivity contribution is 6.05. The van der Waals surface area contributed by atoms with Crippen LogP contribution < -0.4 is 21.7 Å². The zero-order chi connectivity index (χ0) is 24.9. The van der Waals surface area contributed by atoms with E-state index in [0.29, 0.717) is 32.0 Å². The summed E-state index contributed by atoms with van der Waals surface area (Å²) in [6.07, 6.45) is 2.95. The maximum Gasteiger partial charge on any atom is 0.246 e. The Bertz CT molecular complexity index is 891. The molecule has 11 heteroatoms. The lowest BCUT2D eigenvalue weighted by atomic mass is 10.1. The van der Waals surface area contributed by atoms with E-state index in [-0.39, 0.29) is 50.2 Å². The number of hydrogen-bond acceptors (Lipinski definition) is 7. The van der Waals surface area contributed by atoms with Gasteiger partial charge in [-0.1, -0.05) is 36.8 Å². The normalized spacial score (nSPS) is 16.1. The van der Waals surface area contributed by atoms with Gasteiger partial charge in [-0.05, 0) is 24.8 Å². The number of benzene rings is 1. The minimum Gasteiger partial charge on any atom is -0.347 e. The minimum absolute atomic E-state index is 0.0380. The summed E-state index contributed by atoms with van der Waals surface area (Å²) in [5.41, 5.74) is 6.44. The van der Waals surface area contributed by atoms with Crippen LogP contribution >= 0.6 is 0 Å². The predicted octanol–water partition coefficient (Wildman–Crippen LogP) is -1.21. The Hall–Kier alpha value is -3.60. The molecule has 1 saturated heterocycles. The summed E-state index contributed by atoms with van der Waals surface area (Å²) in [5.74, 6) is -1.99. The number of amides is 5. The number of unbranched alkanes of at least 4 members (excludes halogenated alkanes) is 2. The average molecular weight is 474 g/mol.